The first-order chi connectivity index (χ1) is 16.1. The molecule has 0 bridgehead atoms. The molecule has 166 valence electrons. The van der Waals surface area contributed by atoms with E-state index >= 15 is 0 Å². The van der Waals surface area contributed by atoms with Crippen LogP contribution in [0.1, 0.15) is 11.1 Å². The van der Waals surface area contributed by atoms with Crippen molar-refractivity contribution in [3.8, 4) is 0 Å². The number of anilines is 1. The van der Waals surface area contributed by atoms with Crippen molar-refractivity contribution < 1.29 is 14.0 Å². The third-order valence-corrected chi connectivity index (χ3v) is 6.08. The maximum absolute atomic E-state index is 13.6. The third kappa shape index (κ3) is 4.09. The van der Waals surface area contributed by atoms with E-state index in [0.717, 1.165) is 24.3 Å². The first-order valence-corrected chi connectivity index (χ1v) is 10.9. The monoisotopic (exact) mass is 442 g/mol. The number of hydrogen-bond donors (Lipinski definition) is 0. The van der Waals surface area contributed by atoms with Gasteiger partial charge in [-0.25, -0.2) is 4.39 Å². The summed E-state index contributed by atoms with van der Waals surface area (Å²) < 4.78 is 13.6. The van der Waals surface area contributed by atoms with Gasteiger partial charge in [0, 0.05) is 44.3 Å². The third-order valence-electron chi connectivity index (χ3n) is 6.08. The van der Waals surface area contributed by atoms with Crippen molar-refractivity contribution in [2.75, 3.05) is 31.1 Å². The van der Waals surface area contributed by atoms with Crippen LogP contribution in [0.25, 0.3) is 5.57 Å². The lowest BCUT2D eigenvalue weighted by Gasteiger charge is -2.37. The maximum Gasteiger partial charge on any atom is 0.278 e. The van der Waals surface area contributed by atoms with Crippen molar-refractivity contribution in [3.63, 3.8) is 0 Å². The molecule has 3 heterocycles. The molecule has 33 heavy (non-hydrogen) atoms. The molecule has 7 heteroatoms. The van der Waals surface area contributed by atoms with E-state index in [4.69, 9.17) is 0 Å². The molecule has 6 nitrogen and oxygen atoms in total. The average molecular weight is 442 g/mol. The molecule has 5 rings (SSSR count). The molecule has 1 aromatic heterocycles. The fourth-order valence-electron chi connectivity index (χ4n) is 4.37. The molecule has 0 N–H and O–H groups in total. The molecule has 1 saturated heterocycles. The number of carbonyl (C=O) groups is 2. The van der Waals surface area contributed by atoms with Crippen LogP contribution < -0.4 is 4.90 Å². The lowest BCUT2D eigenvalue weighted by Crippen LogP contribution is -2.47. The highest BCUT2D eigenvalue weighted by molar-refractivity contribution is 6.35. The Morgan fingerprint density at radius 2 is 1.39 bits per heavy atom. The number of piperazine rings is 1. The van der Waals surface area contributed by atoms with E-state index in [1.165, 1.54) is 17.0 Å². The minimum absolute atomic E-state index is 0.165. The van der Waals surface area contributed by atoms with E-state index in [2.05, 4.69) is 22.0 Å². The standard InChI is InChI=1S/C26H23FN4O2/c27-21-8-6-20(7-9-21)23-24(26(33)31(25(23)32)18-19-10-12-28-13-11-19)30-16-14-29(15-17-30)22-4-2-1-3-5-22/h1-13H,14-18H2. The Morgan fingerprint density at radius 3 is 2.06 bits per heavy atom. The minimum Gasteiger partial charge on any atom is -0.368 e. The van der Waals surface area contributed by atoms with Crippen LogP contribution in [0.4, 0.5) is 10.1 Å². The van der Waals surface area contributed by atoms with Crippen LogP contribution in [0.15, 0.2) is 84.8 Å². The first kappa shape index (κ1) is 20.9. The molecule has 1 fully saturated rings. The predicted molar refractivity (Wildman–Crippen MR) is 123 cm³/mol. The molecule has 2 aliphatic rings. The van der Waals surface area contributed by atoms with Gasteiger partial charge < -0.3 is 9.80 Å². The summed E-state index contributed by atoms with van der Waals surface area (Å²) in [6.07, 6.45) is 3.27. The number of carbonyl (C=O) groups excluding carboxylic acids is 2. The van der Waals surface area contributed by atoms with Crippen molar-refractivity contribution in [1.82, 2.24) is 14.8 Å². The molecule has 3 aromatic rings. The molecule has 2 aromatic carbocycles. The molecule has 0 atom stereocenters. The first-order valence-electron chi connectivity index (χ1n) is 10.9. The van der Waals surface area contributed by atoms with Crippen LogP contribution in [0.2, 0.25) is 0 Å². The average Bonchev–Trinajstić information content (AvgIpc) is 3.11. The van der Waals surface area contributed by atoms with Crippen molar-refractivity contribution in [2.45, 2.75) is 6.54 Å². The molecule has 0 spiro atoms. The van der Waals surface area contributed by atoms with Crippen molar-refractivity contribution in [1.29, 1.82) is 0 Å². The molecule has 2 amide bonds. The number of aromatic nitrogens is 1. The Bertz CT molecular complexity index is 1190. The predicted octanol–water partition coefficient (Wildman–Crippen LogP) is 3.32. The maximum atomic E-state index is 13.6. The van der Waals surface area contributed by atoms with E-state index in [9.17, 15) is 14.0 Å². The van der Waals surface area contributed by atoms with Crippen LogP contribution in [-0.2, 0) is 16.1 Å². The zero-order chi connectivity index (χ0) is 22.8. The lowest BCUT2D eigenvalue weighted by atomic mass is 10.0. The molecule has 0 saturated carbocycles. The second-order valence-corrected chi connectivity index (χ2v) is 8.09. The summed E-state index contributed by atoms with van der Waals surface area (Å²) in [6, 6.07) is 19.5. The zero-order valence-electron chi connectivity index (χ0n) is 18.0. The van der Waals surface area contributed by atoms with Crippen molar-refractivity contribution >= 4 is 23.1 Å². The normalized spacial score (nSPS) is 16.7. The Kier molecular flexibility index (Phi) is 5.60. The summed E-state index contributed by atoms with van der Waals surface area (Å²) in [4.78, 5) is 36.5. The van der Waals surface area contributed by atoms with Crippen molar-refractivity contribution in [2.24, 2.45) is 0 Å². The number of halogens is 1. The van der Waals surface area contributed by atoms with E-state index in [-0.39, 0.29) is 24.2 Å². The summed E-state index contributed by atoms with van der Waals surface area (Å²) in [5, 5.41) is 0. The van der Waals surface area contributed by atoms with Crippen LogP contribution in [-0.4, -0.2) is 52.8 Å². The highest BCUT2D eigenvalue weighted by atomic mass is 19.1. The van der Waals surface area contributed by atoms with Gasteiger partial charge in [0.05, 0.1) is 12.1 Å². The Morgan fingerprint density at radius 1 is 0.758 bits per heavy atom. The number of pyridine rings is 1. The lowest BCUT2D eigenvalue weighted by molar-refractivity contribution is -0.138. The van der Waals surface area contributed by atoms with Gasteiger partial charge in [-0.05, 0) is 47.5 Å². The van der Waals surface area contributed by atoms with Gasteiger partial charge >= 0.3 is 0 Å². The van der Waals surface area contributed by atoms with Gasteiger partial charge in [0.25, 0.3) is 11.8 Å². The van der Waals surface area contributed by atoms with Gasteiger partial charge in [-0.15, -0.1) is 0 Å². The highest BCUT2D eigenvalue weighted by Gasteiger charge is 2.42. The number of imide groups is 1. The minimum atomic E-state index is -0.386. The van der Waals surface area contributed by atoms with E-state index < -0.39 is 0 Å². The SMILES string of the molecule is O=C1C(c2ccc(F)cc2)=C(N2CCN(c3ccccc3)CC2)C(=O)N1Cc1ccncc1. The molecular weight excluding hydrogens is 419 g/mol. The molecule has 2 aliphatic heterocycles. The molecule has 0 aliphatic carbocycles. The van der Waals surface area contributed by atoms with Crippen LogP contribution in [0, 0.1) is 5.82 Å². The van der Waals surface area contributed by atoms with Gasteiger partial charge in [-0.3, -0.25) is 19.5 Å². The van der Waals surface area contributed by atoms with Gasteiger partial charge in [0.1, 0.15) is 11.5 Å². The number of benzene rings is 2. The number of nitrogens with zero attached hydrogens (tertiary/aromatic N) is 4. The second kappa shape index (κ2) is 8.86. The number of rotatable bonds is 5. The summed E-state index contributed by atoms with van der Waals surface area (Å²) in [5.74, 6) is -1.06. The smallest absolute Gasteiger partial charge is 0.278 e. The summed E-state index contributed by atoms with van der Waals surface area (Å²) in [6.45, 7) is 2.85. The van der Waals surface area contributed by atoms with Crippen LogP contribution in [0.3, 0.4) is 0 Å². The van der Waals surface area contributed by atoms with Crippen LogP contribution in [0.5, 0.6) is 0 Å². The topological polar surface area (TPSA) is 56.8 Å². The summed E-state index contributed by atoms with van der Waals surface area (Å²) in [5.41, 5.74) is 3.24. The van der Waals surface area contributed by atoms with Crippen molar-refractivity contribution in [3.05, 3.63) is 102 Å². The number of amides is 2. The summed E-state index contributed by atoms with van der Waals surface area (Å²) >= 11 is 0. The van der Waals surface area contributed by atoms with E-state index in [1.807, 2.05) is 23.1 Å². The second-order valence-electron chi connectivity index (χ2n) is 8.09. The van der Waals surface area contributed by atoms with Crippen LogP contribution >= 0.6 is 0 Å². The highest BCUT2D eigenvalue weighted by Crippen LogP contribution is 2.33. The van der Waals surface area contributed by atoms with E-state index in [1.54, 1.807) is 36.7 Å². The molecular formula is C26H23FN4O2. The fraction of sp³-hybridized carbons (Fsp3) is 0.192. The Hall–Kier alpha value is -4.00. The molecule has 0 radical (unpaired) electrons. The number of para-hydroxylation sites is 1. The largest absolute Gasteiger partial charge is 0.368 e. The Balaban J connectivity index is 1.45. The van der Waals surface area contributed by atoms with Gasteiger partial charge in [-0.1, -0.05) is 30.3 Å². The molecule has 0 unspecified atom stereocenters. The quantitative estimate of drug-likeness (QED) is 0.568. The van der Waals surface area contributed by atoms with Gasteiger partial charge in [0.2, 0.25) is 0 Å². The van der Waals surface area contributed by atoms with E-state index in [0.29, 0.717) is 29.9 Å². The Labute approximate surface area is 191 Å². The number of hydrogen-bond acceptors (Lipinski definition) is 5. The van der Waals surface area contributed by atoms with Gasteiger partial charge in [0.15, 0.2) is 0 Å². The zero-order valence-corrected chi connectivity index (χ0v) is 18.0. The van der Waals surface area contributed by atoms with Gasteiger partial charge in [-0.2, -0.15) is 0 Å². The fourth-order valence-corrected chi connectivity index (χ4v) is 4.37. The summed E-state index contributed by atoms with van der Waals surface area (Å²) in [7, 11) is 0.